The number of nitrogens with one attached hydrogen (secondary N) is 1. The summed E-state index contributed by atoms with van der Waals surface area (Å²) in [6.45, 7) is 0.293. The molecule has 0 aliphatic carbocycles. The number of halogens is 1. The molecule has 3 aromatic rings. The summed E-state index contributed by atoms with van der Waals surface area (Å²) >= 11 is 3.43. The minimum Gasteiger partial charge on any atom is -0.463 e. The summed E-state index contributed by atoms with van der Waals surface area (Å²) < 4.78 is 6.41. The Bertz CT molecular complexity index is 788. The molecule has 5 heteroatoms. The second-order valence-corrected chi connectivity index (χ2v) is 6.23. The Morgan fingerprint density at radius 2 is 1.79 bits per heavy atom. The van der Waals surface area contributed by atoms with Crippen LogP contribution in [0.5, 0.6) is 0 Å². The highest BCUT2D eigenvalue weighted by atomic mass is 79.9. The molecule has 24 heavy (non-hydrogen) atoms. The largest absolute Gasteiger partial charge is 0.463 e. The van der Waals surface area contributed by atoms with Gasteiger partial charge in [-0.05, 0) is 40.2 Å². The lowest BCUT2D eigenvalue weighted by Crippen LogP contribution is -2.87. The van der Waals surface area contributed by atoms with Crippen LogP contribution in [0, 0.1) is 0 Å². The summed E-state index contributed by atoms with van der Waals surface area (Å²) in [7, 11) is 0. The zero-order chi connectivity index (χ0) is 16.8. The van der Waals surface area contributed by atoms with Crippen molar-refractivity contribution in [1.29, 1.82) is 0 Å². The van der Waals surface area contributed by atoms with E-state index in [0.717, 1.165) is 21.5 Å². The summed E-state index contributed by atoms with van der Waals surface area (Å²) in [6, 6.07) is 21.3. The number of hydrogen-bond donors (Lipinski definition) is 2. The van der Waals surface area contributed by atoms with E-state index in [9.17, 15) is 4.79 Å². The third-order valence-electron chi connectivity index (χ3n) is 3.70. The minimum atomic E-state index is -0.0608. The van der Waals surface area contributed by atoms with Crippen LogP contribution in [0.25, 0.3) is 0 Å². The number of quaternary nitrogens is 1. The van der Waals surface area contributed by atoms with Crippen molar-refractivity contribution in [1.82, 2.24) is 0 Å². The molecule has 0 saturated carbocycles. The zero-order valence-corrected chi connectivity index (χ0v) is 14.6. The van der Waals surface area contributed by atoms with E-state index < -0.39 is 0 Å². The second kappa shape index (κ2) is 7.95. The van der Waals surface area contributed by atoms with Crippen LogP contribution in [-0.2, 0) is 4.79 Å². The number of anilines is 1. The van der Waals surface area contributed by atoms with E-state index in [1.807, 2.05) is 72.0 Å². The Hall–Kier alpha value is -2.37. The fourth-order valence-electron chi connectivity index (χ4n) is 2.53. The van der Waals surface area contributed by atoms with Crippen molar-refractivity contribution in [3.05, 3.63) is 88.8 Å². The SMILES string of the molecule is O=C(C[NH2+][C@@H](c1ccccc1)c1ccco1)Nc1ccccc1Br. The summed E-state index contributed by atoms with van der Waals surface area (Å²) in [5, 5.41) is 4.89. The predicted molar refractivity (Wildman–Crippen MR) is 96.6 cm³/mol. The molecule has 4 nitrogen and oxygen atoms in total. The summed E-state index contributed by atoms with van der Waals surface area (Å²) in [4.78, 5) is 12.3. The van der Waals surface area contributed by atoms with E-state index in [1.165, 1.54) is 0 Å². The van der Waals surface area contributed by atoms with Crippen molar-refractivity contribution in [2.75, 3.05) is 11.9 Å². The number of carbonyl (C=O) groups is 1. The normalized spacial score (nSPS) is 11.9. The maximum atomic E-state index is 12.3. The fraction of sp³-hybridized carbons (Fsp3) is 0.105. The first-order valence-electron chi connectivity index (χ1n) is 7.70. The van der Waals surface area contributed by atoms with Crippen LogP contribution in [0.3, 0.4) is 0 Å². The van der Waals surface area contributed by atoms with Crippen LogP contribution in [0.15, 0.2) is 81.9 Å². The number of carbonyl (C=O) groups excluding carboxylic acids is 1. The van der Waals surface area contributed by atoms with Gasteiger partial charge in [-0.1, -0.05) is 42.5 Å². The zero-order valence-electron chi connectivity index (χ0n) is 13.0. The quantitative estimate of drug-likeness (QED) is 0.683. The number of amides is 1. The first kappa shape index (κ1) is 16.5. The maximum absolute atomic E-state index is 12.3. The number of para-hydroxylation sites is 1. The van der Waals surface area contributed by atoms with E-state index in [2.05, 4.69) is 21.2 Å². The molecule has 0 aliphatic heterocycles. The van der Waals surface area contributed by atoms with E-state index in [-0.39, 0.29) is 11.9 Å². The smallest absolute Gasteiger partial charge is 0.279 e. The van der Waals surface area contributed by atoms with Crippen molar-refractivity contribution in [3.8, 4) is 0 Å². The molecule has 0 spiro atoms. The summed E-state index contributed by atoms with van der Waals surface area (Å²) in [5.74, 6) is 0.768. The van der Waals surface area contributed by atoms with Crippen LogP contribution >= 0.6 is 15.9 Å². The number of rotatable bonds is 6. The monoisotopic (exact) mass is 385 g/mol. The molecular weight excluding hydrogens is 368 g/mol. The van der Waals surface area contributed by atoms with E-state index in [1.54, 1.807) is 6.26 Å². The molecule has 2 aromatic carbocycles. The lowest BCUT2D eigenvalue weighted by Gasteiger charge is -2.14. The van der Waals surface area contributed by atoms with Gasteiger partial charge in [0.1, 0.15) is 0 Å². The predicted octanol–water partition coefficient (Wildman–Crippen LogP) is 3.33. The van der Waals surface area contributed by atoms with Crippen molar-refractivity contribution in [2.24, 2.45) is 0 Å². The topological polar surface area (TPSA) is 58.9 Å². The lowest BCUT2D eigenvalue weighted by molar-refractivity contribution is -0.678. The van der Waals surface area contributed by atoms with Crippen molar-refractivity contribution in [3.63, 3.8) is 0 Å². The van der Waals surface area contributed by atoms with Gasteiger partial charge in [-0.25, -0.2) is 0 Å². The molecule has 0 fully saturated rings. The average molecular weight is 386 g/mol. The van der Waals surface area contributed by atoms with Crippen LogP contribution in [0.4, 0.5) is 5.69 Å². The van der Waals surface area contributed by atoms with Gasteiger partial charge in [-0.15, -0.1) is 0 Å². The Kier molecular flexibility index (Phi) is 5.46. The van der Waals surface area contributed by atoms with E-state index >= 15 is 0 Å². The molecule has 0 saturated heterocycles. The van der Waals surface area contributed by atoms with Gasteiger partial charge in [0.05, 0.1) is 12.0 Å². The Labute approximate surface area is 149 Å². The van der Waals surface area contributed by atoms with Gasteiger partial charge >= 0.3 is 0 Å². The third-order valence-corrected chi connectivity index (χ3v) is 4.39. The molecule has 0 bridgehead atoms. The van der Waals surface area contributed by atoms with Crippen LogP contribution in [0.1, 0.15) is 17.4 Å². The van der Waals surface area contributed by atoms with Gasteiger partial charge in [-0.3, -0.25) is 4.79 Å². The average Bonchev–Trinajstić information content (AvgIpc) is 3.12. The molecule has 1 amide bonds. The van der Waals surface area contributed by atoms with E-state index in [0.29, 0.717) is 6.54 Å². The molecule has 0 aliphatic rings. The number of nitrogens with two attached hydrogens (primary N) is 1. The molecule has 1 atom stereocenters. The number of hydrogen-bond acceptors (Lipinski definition) is 2. The Morgan fingerprint density at radius 1 is 1.04 bits per heavy atom. The number of benzene rings is 2. The van der Waals surface area contributed by atoms with Gasteiger partial charge in [0, 0.05) is 10.0 Å². The van der Waals surface area contributed by atoms with Crippen LogP contribution in [0.2, 0.25) is 0 Å². The number of furan rings is 1. The van der Waals surface area contributed by atoms with Crippen molar-refractivity contribution >= 4 is 27.5 Å². The molecular formula is C19H18BrN2O2+. The lowest BCUT2D eigenvalue weighted by atomic mass is 10.0. The highest BCUT2D eigenvalue weighted by molar-refractivity contribution is 9.10. The molecule has 122 valence electrons. The molecule has 0 unspecified atom stereocenters. The van der Waals surface area contributed by atoms with Crippen LogP contribution < -0.4 is 10.6 Å². The maximum Gasteiger partial charge on any atom is 0.279 e. The molecule has 0 radical (unpaired) electrons. The molecule has 3 N–H and O–H groups in total. The second-order valence-electron chi connectivity index (χ2n) is 5.37. The van der Waals surface area contributed by atoms with Gasteiger partial charge in [0.2, 0.25) is 0 Å². The standard InChI is InChI=1S/C19H17BrN2O2/c20-15-9-4-5-10-16(15)22-18(23)13-21-19(17-11-6-12-24-17)14-7-2-1-3-8-14/h1-12,19,21H,13H2,(H,22,23)/p+1/t19-/m0/s1. The van der Waals surface area contributed by atoms with Crippen molar-refractivity contribution < 1.29 is 14.5 Å². The van der Waals surface area contributed by atoms with Gasteiger partial charge in [0.15, 0.2) is 18.3 Å². The van der Waals surface area contributed by atoms with Gasteiger partial charge in [-0.2, -0.15) is 0 Å². The molecule has 3 rings (SSSR count). The summed E-state index contributed by atoms with van der Waals surface area (Å²) in [6.07, 6.45) is 1.65. The first-order valence-corrected chi connectivity index (χ1v) is 8.49. The molecule has 1 heterocycles. The molecule has 1 aromatic heterocycles. The third kappa shape index (κ3) is 4.13. The van der Waals surface area contributed by atoms with Crippen molar-refractivity contribution in [2.45, 2.75) is 6.04 Å². The first-order chi connectivity index (χ1) is 11.7. The summed E-state index contributed by atoms with van der Waals surface area (Å²) in [5.41, 5.74) is 1.87. The van der Waals surface area contributed by atoms with Gasteiger partial charge < -0.3 is 15.1 Å². The highest BCUT2D eigenvalue weighted by Gasteiger charge is 2.21. The van der Waals surface area contributed by atoms with E-state index in [4.69, 9.17) is 4.42 Å². The fourth-order valence-corrected chi connectivity index (χ4v) is 2.92. The van der Waals surface area contributed by atoms with Gasteiger partial charge in [0.25, 0.3) is 5.91 Å². The Morgan fingerprint density at radius 3 is 2.50 bits per heavy atom. The Balaban J connectivity index is 1.68. The highest BCUT2D eigenvalue weighted by Crippen LogP contribution is 2.21. The minimum absolute atomic E-state index is 0.0498. The van der Waals surface area contributed by atoms with Crippen LogP contribution in [-0.4, -0.2) is 12.5 Å².